The summed E-state index contributed by atoms with van der Waals surface area (Å²) in [7, 11) is 6.59. The summed E-state index contributed by atoms with van der Waals surface area (Å²) in [5.41, 5.74) is 5.82. The Morgan fingerprint density at radius 1 is 1.06 bits per heavy atom. The fourth-order valence-corrected chi connectivity index (χ4v) is 7.53. The Hall–Kier alpha value is -2.15. The van der Waals surface area contributed by atoms with Gasteiger partial charge in [-0.2, -0.15) is 0 Å². The summed E-state index contributed by atoms with van der Waals surface area (Å²) < 4.78 is 0.794. The van der Waals surface area contributed by atoms with Crippen LogP contribution >= 0.6 is 0 Å². The quantitative estimate of drug-likeness (QED) is 0.481. The van der Waals surface area contributed by atoms with Gasteiger partial charge in [0.1, 0.15) is 11.3 Å². The molecule has 1 N–H and O–H groups in total. The average molecular weight is 445 g/mol. The second kappa shape index (κ2) is 7.69. The average Bonchev–Trinajstić information content (AvgIpc) is 3.03. The van der Waals surface area contributed by atoms with E-state index >= 15 is 0 Å². The summed E-state index contributed by atoms with van der Waals surface area (Å²) in [6.07, 6.45) is 8.25. The highest BCUT2D eigenvalue weighted by Gasteiger charge is 2.62. The summed E-state index contributed by atoms with van der Waals surface area (Å²) in [6.45, 7) is 4.15. The van der Waals surface area contributed by atoms with E-state index in [-0.39, 0.29) is 17.1 Å². The minimum atomic E-state index is -0.915. The normalized spacial score (nSPS) is 35.8. The number of carbonyl (C=O) groups excluding carboxylic acids is 1. The molecule has 0 aromatic heterocycles. The van der Waals surface area contributed by atoms with Crippen molar-refractivity contribution in [2.75, 3.05) is 21.1 Å². The molecule has 5 atom stereocenters. The number of aliphatic hydroxyl groups is 1. The van der Waals surface area contributed by atoms with Crippen LogP contribution in [0.25, 0.3) is 0 Å². The van der Waals surface area contributed by atoms with Gasteiger partial charge in [0, 0.05) is 17.8 Å². The van der Waals surface area contributed by atoms with Crippen LogP contribution in [0.15, 0.2) is 47.1 Å². The molecule has 0 radical (unpaired) electrons. The molecule has 0 saturated heterocycles. The number of benzene rings is 1. The third kappa shape index (κ3) is 3.46. The molecule has 3 heteroatoms. The number of nitrogens with zero attached hydrogens (tertiary/aromatic N) is 1. The number of hydrogen-bond donors (Lipinski definition) is 1. The molecule has 0 bridgehead atoms. The maximum absolute atomic E-state index is 12.2. The van der Waals surface area contributed by atoms with Crippen LogP contribution in [0, 0.1) is 29.1 Å². The van der Waals surface area contributed by atoms with Gasteiger partial charge >= 0.3 is 0 Å². The van der Waals surface area contributed by atoms with Gasteiger partial charge in [0.2, 0.25) is 0 Å². The van der Waals surface area contributed by atoms with Gasteiger partial charge in [-0.3, -0.25) is 9.28 Å². The lowest BCUT2D eigenvalue weighted by Gasteiger charge is -2.53. The molecule has 4 aliphatic rings. The standard InChI is InChI=1S/C30H38NO2/c1-6-16-30(33)17-15-27-25-13-9-21-18-23(32)12-14-24(21)28(25)26(19-29(27,30)2)20-7-10-22(11-8-20)31(3,4)5/h7-8,10-11,18,25-27,33H,9,12-15,17,19H2,1-5H3/q+1/t25-,26+,27-,29-,30-/m0/s1. The third-order valence-electron chi connectivity index (χ3n) is 9.29. The van der Waals surface area contributed by atoms with E-state index in [9.17, 15) is 9.90 Å². The highest BCUT2D eigenvalue weighted by molar-refractivity contribution is 5.93. The Morgan fingerprint density at radius 2 is 1.79 bits per heavy atom. The van der Waals surface area contributed by atoms with Gasteiger partial charge in [-0.25, -0.2) is 0 Å². The zero-order chi connectivity index (χ0) is 23.6. The molecule has 5 rings (SSSR count). The first-order chi connectivity index (χ1) is 15.6. The molecule has 33 heavy (non-hydrogen) atoms. The van der Waals surface area contributed by atoms with E-state index in [0.29, 0.717) is 18.3 Å². The maximum atomic E-state index is 12.2. The van der Waals surface area contributed by atoms with Crippen LogP contribution < -0.4 is 4.48 Å². The molecule has 0 spiro atoms. The van der Waals surface area contributed by atoms with E-state index in [1.807, 2.05) is 13.0 Å². The number of carbonyl (C=O) groups is 1. The van der Waals surface area contributed by atoms with Gasteiger partial charge in [0.15, 0.2) is 5.78 Å². The predicted molar refractivity (Wildman–Crippen MR) is 135 cm³/mol. The topological polar surface area (TPSA) is 37.3 Å². The van der Waals surface area contributed by atoms with Crippen molar-refractivity contribution in [1.82, 2.24) is 4.48 Å². The van der Waals surface area contributed by atoms with E-state index in [4.69, 9.17) is 0 Å². The lowest BCUT2D eigenvalue weighted by molar-refractivity contribution is -0.114. The van der Waals surface area contributed by atoms with Crippen molar-refractivity contribution in [3.05, 3.63) is 52.6 Å². The molecule has 1 aromatic carbocycles. The van der Waals surface area contributed by atoms with Crippen molar-refractivity contribution in [2.45, 2.75) is 70.3 Å². The molecule has 2 saturated carbocycles. The lowest BCUT2D eigenvalue weighted by Crippen LogP contribution is -2.51. The first kappa shape index (κ1) is 22.6. The van der Waals surface area contributed by atoms with Crippen molar-refractivity contribution in [1.29, 1.82) is 0 Å². The number of allylic oxidation sites excluding steroid dienone is 4. The van der Waals surface area contributed by atoms with Gasteiger partial charge in [0.05, 0.1) is 21.1 Å². The Kier molecular flexibility index (Phi) is 5.27. The maximum Gasteiger partial charge on any atom is 0.156 e. The SMILES string of the molecule is CC#C[C@]1(O)CC[C@H]2[C@@H]3CCC4=CC(=O)CCC4=C3[C@@H](c3ccc([N+](C)(C)C)cc3)C[C@@]21C. The summed E-state index contributed by atoms with van der Waals surface area (Å²) in [5.74, 6) is 7.78. The summed E-state index contributed by atoms with van der Waals surface area (Å²) >= 11 is 0. The molecule has 1 aromatic rings. The third-order valence-corrected chi connectivity index (χ3v) is 9.29. The van der Waals surface area contributed by atoms with Crippen LogP contribution in [0.1, 0.15) is 70.3 Å². The minimum absolute atomic E-state index is 0.222. The van der Waals surface area contributed by atoms with Crippen molar-refractivity contribution >= 4 is 11.5 Å². The van der Waals surface area contributed by atoms with Gasteiger partial charge in [0.25, 0.3) is 0 Å². The Bertz CT molecular complexity index is 1110. The van der Waals surface area contributed by atoms with Gasteiger partial charge in [-0.05, 0) is 92.2 Å². The zero-order valence-corrected chi connectivity index (χ0v) is 20.9. The highest BCUT2D eigenvalue weighted by atomic mass is 16.3. The first-order valence-corrected chi connectivity index (χ1v) is 12.6. The Morgan fingerprint density at radius 3 is 2.45 bits per heavy atom. The monoisotopic (exact) mass is 444 g/mol. The van der Waals surface area contributed by atoms with E-state index < -0.39 is 5.60 Å². The summed E-state index contributed by atoms with van der Waals surface area (Å²) in [4.78, 5) is 12.2. The van der Waals surface area contributed by atoms with E-state index in [0.717, 1.165) is 43.0 Å². The van der Waals surface area contributed by atoms with E-state index in [1.54, 1.807) is 5.57 Å². The molecule has 0 heterocycles. The smallest absolute Gasteiger partial charge is 0.156 e. The van der Waals surface area contributed by atoms with Crippen molar-refractivity contribution in [3.8, 4) is 11.8 Å². The van der Waals surface area contributed by atoms with Crippen LogP contribution in [-0.4, -0.2) is 37.6 Å². The molecule has 0 aliphatic heterocycles. The fourth-order valence-electron chi connectivity index (χ4n) is 7.53. The van der Waals surface area contributed by atoms with Crippen molar-refractivity contribution in [2.24, 2.45) is 17.3 Å². The molecule has 174 valence electrons. The molecular weight excluding hydrogens is 406 g/mol. The number of hydrogen-bond acceptors (Lipinski definition) is 2. The highest BCUT2D eigenvalue weighted by Crippen LogP contribution is 2.66. The predicted octanol–water partition coefficient (Wildman–Crippen LogP) is 5.54. The number of fused-ring (bicyclic) bond motifs is 4. The second-order valence-corrected chi connectivity index (χ2v) is 11.9. The lowest BCUT2D eigenvalue weighted by atomic mass is 9.51. The Labute approximate surface area is 199 Å². The van der Waals surface area contributed by atoms with Crippen LogP contribution in [0.5, 0.6) is 0 Å². The minimum Gasteiger partial charge on any atom is -0.377 e. The molecule has 0 amide bonds. The van der Waals surface area contributed by atoms with E-state index in [2.05, 4.69) is 64.2 Å². The van der Waals surface area contributed by atoms with Crippen LogP contribution in [0.3, 0.4) is 0 Å². The largest absolute Gasteiger partial charge is 0.377 e. The van der Waals surface area contributed by atoms with E-state index in [1.165, 1.54) is 22.4 Å². The molecule has 2 fully saturated rings. The number of ketones is 1. The zero-order valence-electron chi connectivity index (χ0n) is 20.9. The molecule has 4 aliphatic carbocycles. The fraction of sp³-hybridized carbons (Fsp3) is 0.567. The van der Waals surface area contributed by atoms with Crippen molar-refractivity contribution < 1.29 is 9.90 Å². The number of rotatable bonds is 2. The van der Waals surface area contributed by atoms with Gasteiger partial charge in [-0.15, -0.1) is 5.92 Å². The van der Waals surface area contributed by atoms with Crippen molar-refractivity contribution in [3.63, 3.8) is 0 Å². The summed E-state index contributed by atoms with van der Waals surface area (Å²) in [6, 6.07) is 9.15. The van der Waals surface area contributed by atoms with Crippen LogP contribution in [-0.2, 0) is 4.79 Å². The van der Waals surface area contributed by atoms with Gasteiger partial charge < -0.3 is 5.11 Å². The van der Waals surface area contributed by atoms with Gasteiger partial charge in [-0.1, -0.05) is 30.6 Å². The number of quaternary nitrogens is 1. The first-order valence-electron chi connectivity index (χ1n) is 12.6. The van der Waals surface area contributed by atoms with Crippen LogP contribution in [0.4, 0.5) is 5.69 Å². The molecule has 0 unspecified atom stereocenters. The summed E-state index contributed by atoms with van der Waals surface area (Å²) in [5, 5.41) is 11.8. The molecule has 3 nitrogen and oxygen atoms in total. The Balaban J connectivity index is 1.67. The second-order valence-electron chi connectivity index (χ2n) is 11.9. The van der Waals surface area contributed by atoms with Crippen LogP contribution in [0.2, 0.25) is 0 Å². The molecular formula is C30H38NO2+.